The normalized spacial score (nSPS) is 32.5. The molecule has 0 aromatic carbocycles. The van der Waals surface area contributed by atoms with E-state index in [9.17, 15) is 4.79 Å². The van der Waals surface area contributed by atoms with Crippen molar-refractivity contribution in [1.82, 2.24) is 0 Å². The third kappa shape index (κ3) is 2.14. The van der Waals surface area contributed by atoms with Gasteiger partial charge < -0.3 is 0 Å². The van der Waals surface area contributed by atoms with Crippen LogP contribution in [0.1, 0.15) is 39.5 Å². The van der Waals surface area contributed by atoms with Crippen LogP contribution >= 0.6 is 11.8 Å². The summed E-state index contributed by atoms with van der Waals surface area (Å²) >= 11 is 2.02. The number of thioether (sulfide) groups is 1. The van der Waals surface area contributed by atoms with Gasteiger partial charge in [-0.25, -0.2) is 4.79 Å². The molecule has 3 heteroatoms. The Labute approximate surface area is 95.9 Å². The van der Waals surface area contributed by atoms with Gasteiger partial charge in [-0.1, -0.05) is 13.8 Å². The van der Waals surface area contributed by atoms with Gasteiger partial charge in [0.1, 0.15) is 0 Å². The minimum atomic E-state index is -0.0430. The van der Waals surface area contributed by atoms with Gasteiger partial charge in [-0.2, -0.15) is 16.8 Å². The summed E-state index contributed by atoms with van der Waals surface area (Å²) in [4.78, 5) is 14.7. The zero-order valence-electron chi connectivity index (χ0n) is 9.58. The molecule has 1 saturated carbocycles. The highest BCUT2D eigenvalue weighted by Crippen LogP contribution is 2.56. The quantitative estimate of drug-likeness (QED) is 0.534. The van der Waals surface area contributed by atoms with Crippen LogP contribution in [0.2, 0.25) is 0 Å². The molecule has 1 unspecified atom stereocenters. The van der Waals surface area contributed by atoms with Gasteiger partial charge in [0.15, 0.2) is 0 Å². The van der Waals surface area contributed by atoms with Crippen LogP contribution in [0.25, 0.3) is 0 Å². The van der Waals surface area contributed by atoms with E-state index < -0.39 is 0 Å². The van der Waals surface area contributed by atoms with Gasteiger partial charge in [0, 0.05) is 0 Å². The van der Waals surface area contributed by atoms with Crippen molar-refractivity contribution < 1.29 is 4.79 Å². The lowest BCUT2D eigenvalue weighted by molar-refractivity contribution is 0.0222. The maximum atomic E-state index is 10.6. The van der Waals surface area contributed by atoms with Crippen LogP contribution < -0.4 is 0 Å². The van der Waals surface area contributed by atoms with Gasteiger partial charge in [0.2, 0.25) is 6.08 Å². The van der Waals surface area contributed by atoms with E-state index in [1.807, 2.05) is 17.8 Å². The number of nitrogens with zero attached hydrogens (tertiary/aromatic N) is 1. The van der Waals surface area contributed by atoms with Crippen LogP contribution in [-0.2, 0) is 4.79 Å². The minimum absolute atomic E-state index is 0.0430. The Bertz CT molecular complexity index is 280. The summed E-state index contributed by atoms with van der Waals surface area (Å²) in [5.41, 5.74) is 0.334. The molecule has 2 nitrogen and oxygen atoms in total. The van der Waals surface area contributed by atoms with Crippen molar-refractivity contribution in [2.75, 3.05) is 11.5 Å². The Morgan fingerprint density at radius 1 is 1.40 bits per heavy atom. The number of aliphatic imine (C=N–C) groups is 1. The lowest BCUT2D eigenvalue weighted by Gasteiger charge is -2.54. The second kappa shape index (κ2) is 3.95. The van der Waals surface area contributed by atoms with Crippen molar-refractivity contribution in [2.24, 2.45) is 16.3 Å². The van der Waals surface area contributed by atoms with Gasteiger partial charge in [-0.05, 0) is 48.5 Å². The Balaban J connectivity index is 2.10. The molecule has 2 rings (SSSR count). The predicted octanol–water partition coefficient (Wildman–Crippen LogP) is 3.02. The molecule has 15 heavy (non-hydrogen) atoms. The van der Waals surface area contributed by atoms with E-state index in [-0.39, 0.29) is 5.54 Å². The Morgan fingerprint density at radius 2 is 2.13 bits per heavy atom. The molecule has 0 spiro atoms. The number of hydrogen-bond acceptors (Lipinski definition) is 3. The third-order valence-corrected chi connectivity index (χ3v) is 4.97. The first-order valence-electron chi connectivity index (χ1n) is 5.75. The van der Waals surface area contributed by atoms with Crippen molar-refractivity contribution in [3.63, 3.8) is 0 Å². The lowest BCUT2D eigenvalue weighted by Crippen LogP contribution is -2.53. The summed E-state index contributed by atoms with van der Waals surface area (Å²) < 4.78 is 0. The standard InChI is InChI=1S/C12H19NOS/c1-11(2)7-12(8-11,13-9-14)10-4-3-5-15-6-10/h10H,3-8H2,1-2H3. The van der Waals surface area contributed by atoms with Crippen molar-refractivity contribution in [3.8, 4) is 0 Å². The molecule has 0 bridgehead atoms. The average molecular weight is 225 g/mol. The van der Waals surface area contributed by atoms with E-state index >= 15 is 0 Å². The van der Waals surface area contributed by atoms with E-state index in [1.165, 1.54) is 24.3 Å². The molecule has 1 heterocycles. The molecule has 1 atom stereocenters. The molecule has 0 aromatic heterocycles. The molecular formula is C12H19NOS. The summed E-state index contributed by atoms with van der Waals surface area (Å²) in [6.45, 7) is 4.53. The summed E-state index contributed by atoms with van der Waals surface area (Å²) in [7, 11) is 0. The SMILES string of the molecule is CC1(C)CC(N=C=O)(C2CCCSC2)C1. The molecular weight excluding hydrogens is 206 g/mol. The monoisotopic (exact) mass is 225 g/mol. The topological polar surface area (TPSA) is 29.4 Å². The maximum Gasteiger partial charge on any atom is 0.235 e. The van der Waals surface area contributed by atoms with Gasteiger partial charge in [0.25, 0.3) is 0 Å². The van der Waals surface area contributed by atoms with Gasteiger partial charge in [0.05, 0.1) is 5.54 Å². The summed E-state index contributed by atoms with van der Waals surface area (Å²) in [5.74, 6) is 3.08. The number of isocyanates is 1. The van der Waals surface area contributed by atoms with Crippen molar-refractivity contribution in [1.29, 1.82) is 0 Å². The lowest BCUT2D eigenvalue weighted by atomic mass is 9.54. The van der Waals surface area contributed by atoms with Gasteiger partial charge in [-0.15, -0.1) is 0 Å². The average Bonchev–Trinajstić information content (AvgIpc) is 2.16. The molecule has 2 fully saturated rings. The number of hydrogen-bond donors (Lipinski definition) is 0. The molecule has 2 aliphatic rings. The highest BCUT2D eigenvalue weighted by molar-refractivity contribution is 7.99. The zero-order valence-corrected chi connectivity index (χ0v) is 10.4. The largest absolute Gasteiger partial charge is 0.235 e. The minimum Gasteiger partial charge on any atom is -0.211 e. The summed E-state index contributed by atoms with van der Waals surface area (Å²) in [6.07, 6.45) is 6.48. The second-order valence-corrected chi connectivity index (χ2v) is 6.89. The number of carbonyl (C=O) groups excluding carboxylic acids is 1. The van der Waals surface area contributed by atoms with E-state index in [2.05, 4.69) is 18.8 Å². The molecule has 84 valence electrons. The van der Waals surface area contributed by atoms with Crippen LogP contribution in [-0.4, -0.2) is 23.1 Å². The fourth-order valence-corrected chi connectivity index (χ4v) is 4.62. The number of rotatable bonds is 2. The second-order valence-electron chi connectivity index (χ2n) is 5.74. The molecule has 1 saturated heterocycles. The Hall–Kier alpha value is -0.270. The predicted molar refractivity (Wildman–Crippen MR) is 63.9 cm³/mol. The summed E-state index contributed by atoms with van der Waals surface area (Å²) in [6, 6.07) is 0. The van der Waals surface area contributed by atoms with E-state index in [0.717, 1.165) is 12.8 Å². The third-order valence-electron chi connectivity index (χ3n) is 3.76. The fourth-order valence-electron chi connectivity index (χ4n) is 3.32. The highest BCUT2D eigenvalue weighted by atomic mass is 32.2. The van der Waals surface area contributed by atoms with Gasteiger partial charge in [-0.3, -0.25) is 0 Å². The van der Waals surface area contributed by atoms with Crippen LogP contribution in [0.4, 0.5) is 0 Å². The molecule has 1 aliphatic heterocycles. The van der Waals surface area contributed by atoms with Crippen LogP contribution in [0.15, 0.2) is 4.99 Å². The first-order valence-corrected chi connectivity index (χ1v) is 6.90. The smallest absolute Gasteiger partial charge is 0.211 e. The van der Waals surface area contributed by atoms with E-state index in [0.29, 0.717) is 11.3 Å². The molecule has 0 amide bonds. The van der Waals surface area contributed by atoms with Crippen LogP contribution in [0, 0.1) is 11.3 Å². The van der Waals surface area contributed by atoms with Crippen molar-refractivity contribution >= 4 is 17.8 Å². The zero-order chi connectivity index (χ0) is 10.9. The van der Waals surface area contributed by atoms with Gasteiger partial charge >= 0.3 is 0 Å². The van der Waals surface area contributed by atoms with Crippen LogP contribution in [0.5, 0.6) is 0 Å². The highest BCUT2D eigenvalue weighted by Gasteiger charge is 2.54. The maximum absolute atomic E-state index is 10.6. The molecule has 1 aliphatic carbocycles. The van der Waals surface area contributed by atoms with E-state index in [4.69, 9.17) is 0 Å². The Morgan fingerprint density at radius 3 is 2.60 bits per heavy atom. The van der Waals surface area contributed by atoms with Crippen molar-refractivity contribution in [3.05, 3.63) is 0 Å². The first-order chi connectivity index (χ1) is 7.08. The Kier molecular flexibility index (Phi) is 2.96. The van der Waals surface area contributed by atoms with Crippen LogP contribution in [0.3, 0.4) is 0 Å². The van der Waals surface area contributed by atoms with Crippen molar-refractivity contribution in [2.45, 2.75) is 45.1 Å². The molecule has 0 aromatic rings. The fraction of sp³-hybridized carbons (Fsp3) is 0.917. The van der Waals surface area contributed by atoms with E-state index in [1.54, 1.807) is 0 Å². The summed E-state index contributed by atoms with van der Waals surface area (Å²) in [5, 5.41) is 0. The first kappa shape index (κ1) is 11.2. The molecule has 0 N–H and O–H groups in total. The molecule has 0 radical (unpaired) electrons.